The van der Waals surface area contributed by atoms with Crippen LogP contribution in [0.25, 0.3) is 0 Å². The molecule has 0 saturated carbocycles. The highest BCUT2D eigenvalue weighted by Gasteiger charge is 2.20. The molecule has 0 radical (unpaired) electrons. The summed E-state index contributed by atoms with van der Waals surface area (Å²) in [6.45, 7) is 1.82. The molecule has 1 aromatic rings. The normalized spacial score (nSPS) is 17.0. The Bertz CT molecular complexity index is 451. The minimum Gasteiger partial charge on any atom is -0.347 e. The van der Waals surface area contributed by atoms with Gasteiger partial charge in [0.2, 0.25) is 5.91 Å². The van der Waals surface area contributed by atoms with Crippen molar-refractivity contribution >= 4 is 17.5 Å². The Morgan fingerprint density at radius 3 is 2.94 bits per heavy atom. The lowest BCUT2D eigenvalue weighted by molar-refractivity contribution is -0.121. The highest BCUT2D eigenvalue weighted by molar-refractivity contribution is 6.39. The molecule has 2 heterocycles. The summed E-state index contributed by atoms with van der Waals surface area (Å²) in [4.78, 5) is 29.6. The third kappa shape index (κ3) is 2.68. The molecule has 1 aromatic heterocycles. The number of hydrazone groups is 1. The lowest BCUT2D eigenvalue weighted by Crippen LogP contribution is -2.38. The second kappa shape index (κ2) is 4.77. The minimum atomic E-state index is -0.283. The number of hydrogen-bond acceptors (Lipinski definition) is 4. The van der Waals surface area contributed by atoms with Crippen molar-refractivity contribution in [2.24, 2.45) is 5.10 Å². The highest BCUT2D eigenvalue weighted by Crippen LogP contribution is 2.06. The third-order valence-electron chi connectivity index (χ3n) is 2.44. The molecule has 2 rings (SSSR count). The zero-order valence-corrected chi connectivity index (χ0v) is 9.36. The number of hydrogen-bond donors (Lipinski definition) is 3. The number of rotatable bonds is 3. The number of aromatic nitrogens is 2. The van der Waals surface area contributed by atoms with E-state index in [1.807, 2.05) is 6.92 Å². The van der Waals surface area contributed by atoms with Gasteiger partial charge in [0.1, 0.15) is 11.5 Å². The van der Waals surface area contributed by atoms with Gasteiger partial charge in [0.25, 0.3) is 5.91 Å². The van der Waals surface area contributed by atoms with Crippen LogP contribution in [0.4, 0.5) is 0 Å². The molecule has 17 heavy (non-hydrogen) atoms. The van der Waals surface area contributed by atoms with Gasteiger partial charge in [-0.25, -0.2) is 10.4 Å². The molecule has 0 bridgehead atoms. The summed E-state index contributed by atoms with van der Waals surface area (Å²) in [5.74, 6) is 0.230. The van der Waals surface area contributed by atoms with Crippen LogP contribution in [0.15, 0.2) is 17.5 Å². The first-order chi connectivity index (χ1) is 8.16. The number of carbonyl (C=O) groups excluding carboxylic acids is 2. The summed E-state index contributed by atoms with van der Waals surface area (Å²) in [5.41, 5.74) is 2.62. The number of H-pyrrole nitrogens is 1. The van der Waals surface area contributed by atoms with Crippen molar-refractivity contribution in [3.63, 3.8) is 0 Å². The minimum absolute atomic E-state index is 0.166. The van der Waals surface area contributed by atoms with Gasteiger partial charge in [-0.3, -0.25) is 9.59 Å². The van der Waals surface area contributed by atoms with Gasteiger partial charge in [0.05, 0.1) is 6.04 Å². The molecule has 0 aliphatic carbocycles. The van der Waals surface area contributed by atoms with Crippen molar-refractivity contribution in [1.82, 2.24) is 20.7 Å². The molecule has 1 aliphatic heterocycles. The fourth-order valence-electron chi connectivity index (χ4n) is 1.50. The maximum absolute atomic E-state index is 11.8. The van der Waals surface area contributed by atoms with Gasteiger partial charge in [0, 0.05) is 25.2 Å². The maximum atomic E-state index is 11.8. The Hall–Kier alpha value is -2.18. The molecule has 90 valence electrons. The summed E-state index contributed by atoms with van der Waals surface area (Å²) < 4.78 is 0. The van der Waals surface area contributed by atoms with E-state index >= 15 is 0 Å². The molecule has 0 aromatic carbocycles. The van der Waals surface area contributed by atoms with Crippen molar-refractivity contribution in [3.8, 4) is 0 Å². The number of nitrogens with zero attached hydrogens (tertiary/aromatic N) is 2. The Morgan fingerprint density at radius 2 is 2.35 bits per heavy atom. The van der Waals surface area contributed by atoms with Gasteiger partial charge in [-0.15, -0.1) is 0 Å². The average Bonchev–Trinajstić information content (AvgIpc) is 2.83. The zero-order valence-electron chi connectivity index (χ0n) is 9.36. The molecule has 3 N–H and O–H groups in total. The van der Waals surface area contributed by atoms with Crippen molar-refractivity contribution in [2.75, 3.05) is 0 Å². The maximum Gasteiger partial charge on any atom is 0.268 e. The summed E-state index contributed by atoms with van der Waals surface area (Å²) in [6.07, 6.45) is 3.97. The molecular weight excluding hydrogens is 222 g/mol. The van der Waals surface area contributed by atoms with Crippen LogP contribution in [0.2, 0.25) is 0 Å². The molecule has 1 atom stereocenters. The van der Waals surface area contributed by atoms with Crippen molar-refractivity contribution in [2.45, 2.75) is 25.8 Å². The Balaban J connectivity index is 1.95. The van der Waals surface area contributed by atoms with Gasteiger partial charge in [0.15, 0.2) is 0 Å². The van der Waals surface area contributed by atoms with Crippen LogP contribution in [0.3, 0.4) is 0 Å². The first kappa shape index (κ1) is 11.3. The first-order valence-corrected chi connectivity index (χ1v) is 5.32. The van der Waals surface area contributed by atoms with Crippen molar-refractivity contribution in [1.29, 1.82) is 0 Å². The fourth-order valence-corrected chi connectivity index (χ4v) is 1.50. The van der Waals surface area contributed by atoms with E-state index in [4.69, 9.17) is 0 Å². The molecule has 7 heteroatoms. The predicted molar refractivity (Wildman–Crippen MR) is 60.0 cm³/mol. The molecule has 0 spiro atoms. The van der Waals surface area contributed by atoms with Crippen LogP contribution in [-0.4, -0.2) is 27.5 Å². The number of aromatic amines is 1. The molecule has 7 nitrogen and oxygen atoms in total. The van der Waals surface area contributed by atoms with E-state index in [1.54, 1.807) is 12.4 Å². The number of nitrogens with one attached hydrogen (secondary N) is 3. The summed E-state index contributed by atoms with van der Waals surface area (Å²) in [7, 11) is 0. The van der Waals surface area contributed by atoms with Gasteiger partial charge in [-0.05, 0) is 6.92 Å². The number of imidazole rings is 1. The SMILES string of the molecule is CC(NC(=O)C1=NNC(=O)CC1)c1ncc[nH]1. The zero-order chi connectivity index (χ0) is 12.3. The van der Waals surface area contributed by atoms with E-state index < -0.39 is 0 Å². The van der Waals surface area contributed by atoms with E-state index in [0.717, 1.165) is 0 Å². The van der Waals surface area contributed by atoms with Crippen molar-refractivity contribution < 1.29 is 9.59 Å². The molecular formula is C10H13N5O2. The van der Waals surface area contributed by atoms with Gasteiger partial charge >= 0.3 is 0 Å². The van der Waals surface area contributed by atoms with Gasteiger partial charge < -0.3 is 10.3 Å². The lowest BCUT2D eigenvalue weighted by atomic mass is 10.1. The van der Waals surface area contributed by atoms with E-state index in [9.17, 15) is 9.59 Å². The molecule has 1 unspecified atom stereocenters. The average molecular weight is 235 g/mol. The summed E-state index contributed by atoms with van der Waals surface area (Å²) in [6, 6.07) is -0.224. The monoisotopic (exact) mass is 235 g/mol. The van der Waals surface area contributed by atoms with Gasteiger partial charge in [-0.2, -0.15) is 5.10 Å². The van der Waals surface area contributed by atoms with Crippen LogP contribution in [0.5, 0.6) is 0 Å². The van der Waals surface area contributed by atoms with E-state index in [2.05, 4.69) is 25.8 Å². The van der Waals surface area contributed by atoms with Gasteiger partial charge in [-0.1, -0.05) is 0 Å². The fraction of sp³-hybridized carbons (Fsp3) is 0.400. The molecule has 0 saturated heterocycles. The number of amides is 2. The van der Waals surface area contributed by atoms with Crippen LogP contribution < -0.4 is 10.7 Å². The third-order valence-corrected chi connectivity index (χ3v) is 2.44. The highest BCUT2D eigenvalue weighted by atomic mass is 16.2. The second-order valence-corrected chi connectivity index (χ2v) is 3.76. The topological polar surface area (TPSA) is 99.2 Å². The first-order valence-electron chi connectivity index (χ1n) is 5.32. The molecule has 0 fully saturated rings. The Morgan fingerprint density at radius 1 is 1.53 bits per heavy atom. The second-order valence-electron chi connectivity index (χ2n) is 3.76. The predicted octanol–water partition coefficient (Wildman–Crippen LogP) is -0.147. The van der Waals surface area contributed by atoms with E-state index in [-0.39, 0.29) is 17.9 Å². The van der Waals surface area contributed by atoms with Crippen molar-refractivity contribution in [3.05, 3.63) is 18.2 Å². The standard InChI is InChI=1S/C10H13N5O2/c1-6(9-11-4-5-12-9)13-10(17)7-2-3-8(16)15-14-7/h4-6H,2-3H2,1H3,(H,11,12)(H,13,17)(H,15,16). The largest absolute Gasteiger partial charge is 0.347 e. The van der Waals surface area contributed by atoms with Crippen LogP contribution in [0.1, 0.15) is 31.6 Å². The summed E-state index contributed by atoms with van der Waals surface area (Å²) >= 11 is 0. The van der Waals surface area contributed by atoms with Crippen LogP contribution in [0, 0.1) is 0 Å². The smallest absolute Gasteiger partial charge is 0.268 e. The van der Waals surface area contributed by atoms with Crippen LogP contribution in [-0.2, 0) is 9.59 Å². The molecule has 1 aliphatic rings. The number of carbonyl (C=O) groups is 2. The Labute approximate surface area is 97.7 Å². The van der Waals surface area contributed by atoms with E-state index in [0.29, 0.717) is 24.4 Å². The summed E-state index contributed by atoms with van der Waals surface area (Å²) in [5, 5.41) is 6.47. The van der Waals surface area contributed by atoms with Crippen LogP contribution >= 0.6 is 0 Å². The Kier molecular flexibility index (Phi) is 3.17. The van der Waals surface area contributed by atoms with E-state index in [1.165, 1.54) is 0 Å². The lowest BCUT2D eigenvalue weighted by Gasteiger charge is -2.15. The quantitative estimate of drug-likeness (QED) is 0.679. The molecule has 2 amide bonds.